The number of carbonyl (C=O) groups is 3. The minimum absolute atomic E-state index is 0.101. The third kappa shape index (κ3) is 6.08. The topological polar surface area (TPSA) is 92.5 Å². The summed E-state index contributed by atoms with van der Waals surface area (Å²) < 4.78 is 0. The van der Waals surface area contributed by atoms with E-state index in [-0.39, 0.29) is 29.6 Å². The SMILES string of the molecule is CC(C)CC(C(N)=O)C(=O)NCC1CN(C(=O)C2CC=CCC2)CCC1C. The zero-order valence-corrected chi connectivity index (χ0v) is 16.9. The van der Waals surface area contributed by atoms with Gasteiger partial charge in [0.05, 0.1) is 0 Å². The second kappa shape index (κ2) is 9.90. The molecule has 3 amide bonds. The molecule has 6 nitrogen and oxygen atoms in total. The van der Waals surface area contributed by atoms with Crippen molar-refractivity contribution in [3.05, 3.63) is 12.2 Å². The van der Waals surface area contributed by atoms with Gasteiger partial charge in [0.2, 0.25) is 17.7 Å². The Labute approximate surface area is 162 Å². The second-order valence-corrected chi connectivity index (χ2v) is 8.62. The lowest BCUT2D eigenvalue weighted by Crippen LogP contribution is -2.50. The fourth-order valence-electron chi connectivity index (χ4n) is 4.07. The molecule has 2 rings (SSSR count). The Morgan fingerprint density at radius 3 is 2.56 bits per heavy atom. The molecule has 0 bridgehead atoms. The van der Waals surface area contributed by atoms with Crippen LogP contribution in [-0.4, -0.2) is 42.3 Å². The molecule has 1 heterocycles. The highest BCUT2D eigenvalue weighted by Gasteiger charge is 2.33. The molecule has 0 aromatic rings. The molecule has 4 unspecified atom stereocenters. The molecule has 6 heteroatoms. The molecule has 27 heavy (non-hydrogen) atoms. The van der Waals surface area contributed by atoms with Crippen molar-refractivity contribution in [2.24, 2.45) is 35.3 Å². The minimum Gasteiger partial charge on any atom is -0.369 e. The van der Waals surface area contributed by atoms with Crippen molar-refractivity contribution in [3.8, 4) is 0 Å². The van der Waals surface area contributed by atoms with Gasteiger partial charge in [-0.05, 0) is 49.9 Å². The molecule has 1 saturated heterocycles. The Kier molecular flexibility index (Phi) is 7.87. The first-order valence-corrected chi connectivity index (χ1v) is 10.3. The predicted molar refractivity (Wildman–Crippen MR) is 105 cm³/mol. The van der Waals surface area contributed by atoms with Gasteiger partial charge in [-0.1, -0.05) is 32.9 Å². The number of nitrogens with zero attached hydrogens (tertiary/aromatic N) is 1. The fraction of sp³-hybridized carbons (Fsp3) is 0.762. The van der Waals surface area contributed by atoms with Crippen LogP contribution in [0.4, 0.5) is 0 Å². The summed E-state index contributed by atoms with van der Waals surface area (Å²) in [7, 11) is 0. The summed E-state index contributed by atoms with van der Waals surface area (Å²) in [6.07, 6.45) is 8.40. The molecule has 1 fully saturated rings. The molecule has 0 aromatic heterocycles. The average Bonchev–Trinajstić information content (AvgIpc) is 2.65. The van der Waals surface area contributed by atoms with E-state index in [1.807, 2.05) is 18.7 Å². The van der Waals surface area contributed by atoms with Gasteiger partial charge in [-0.2, -0.15) is 0 Å². The molecule has 2 aliphatic rings. The lowest BCUT2D eigenvalue weighted by atomic mass is 9.85. The highest BCUT2D eigenvalue weighted by molar-refractivity contribution is 5.99. The van der Waals surface area contributed by atoms with Crippen LogP contribution >= 0.6 is 0 Å². The van der Waals surface area contributed by atoms with Gasteiger partial charge < -0.3 is 16.0 Å². The molecule has 152 valence electrons. The van der Waals surface area contributed by atoms with Crippen LogP contribution in [-0.2, 0) is 14.4 Å². The monoisotopic (exact) mass is 377 g/mol. The molecule has 0 radical (unpaired) electrons. The van der Waals surface area contributed by atoms with Crippen molar-refractivity contribution in [2.45, 2.75) is 52.9 Å². The van der Waals surface area contributed by atoms with Gasteiger partial charge in [0.25, 0.3) is 0 Å². The Balaban J connectivity index is 1.90. The molecule has 3 N–H and O–H groups in total. The van der Waals surface area contributed by atoms with Crippen LogP contribution in [0.2, 0.25) is 0 Å². The van der Waals surface area contributed by atoms with Crippen molar-refractivity contribution in [3.63, 3.8) is 0 Å². The maximum atomic E-state index is 12.8. The first kappa shape index (κ1) is 21.5. The smallest absolute Gasteiger partial charge is 0.232 e. The molecule has 1 aliphatic heterocycles. The van der Waals surface area contributed by atoms with Gasteiger partial charge in [-0.15, -0.1) is 0 Å². The normalized spacial score (nSPS) is 26.7. The fourth-order valence-corrected chi connectivity index (χ4v) is 4.07. The summed E-state index contributed by atoms with van der Waals surface area (Å²) in [4.78, 5) is 38.8. The summed E-state index contributed by atoms with van der Waals surface area (Å²) >= 11 is 0. The van der Waals surface area contributed by atoms with Gasteiger partial charge in [-0.25, -0.2) is 0 Å². The number of nitrogens with two attached hydrogens (primary N) is 1. The maximum absolute atomic E-state index is 12.8. The lowest BCUT2D eigenvalue weighted by Gasteiger charge is -2.39. The van der Waals surface area contributed by atoms with Crippen molar-refractivity contribution < 1.29 is 14.4 Å². The number of piperidine rings is 1. The summed E-state index contributed by atoms with van der Waals surface area (Å²) in [5, 5.41) is 2.92. The van der Waals surface area contributed by atoms with Crippen LogP contribution in [0.3, 0.4) is 0 Å². The molecule has 4 atom stereocenters. The van der Waals surface area contributed by atoms with Crippen LogP contribution < -0.4 is 11.1 Å². The van der Waals surface area contributed by atoms with E-state index in [2.05, 4.69) is 24.4 Å². The zero-order valence-electron chi connectivity index (χ0n) is 16.9. The Hall–Kier alpha value is -1.85. The Morgan fingerprint density at radius 2 is 1.96 bits per heavy atom. The van der Waals surface area contributed by atoms with Crippen LogP contribution in [0.1, 0.15) is 52.9 Å². The van der Waals surface area contributed by atoms with Crippen molar-refractivity contribution >= 4 is 17.7 Å². The molecule has 1 aliphatic carbocycles. The average molecular weight is 378 g/mol. The number of nitrogens with one attached hydrogen (secondary N) is 1. The van der Waals surface area contributed by atoms with E-state index in [0.717, 1.165) is 32.2 Å². The summed E-state index contributed by atoms with van der Waals surface area (Å²) in [5.74, 6) is -0.433. The maximum Gasteiger partial charge on any atom is 0.232 e. The van der Waals surface area contributed by atoms with Crippen LogP contribution in [0.15, 0.2) is 12.2 Å². The summed E-state index contributed by atoms with van der Waals surface area (Å²) in [6, 6.07) is 0. The largest absolute Gasteiger partial charge is 0.369 e. The molecule has 0 spiro atoms. The van der Waals surface area contributed by atoms with Crippen LogP contribution in [0.5, 0.6) is 0 Å². The highest BCUT2D eigenvalue weighted by atomic mass is 16.2. The Morgan fingerprint density at radius 1 is 1.22 bits per heavy atom. The van der Waals surface area contributed by atoms with Crippen molar-refractivity contribution in [1.82, 2.24) is 10.2 Å². The van der Waals surface area contributed by atoms with E-state index in [1.54, 1.807) is 0 Å². The number of likely N-dealkylation sites (tertiary alicyclic amines) is 1. The standard InChI is InChI=1S/C21H35N3O3/c1-14(2)11-18(19(22)25)20(26)23-12-17-13-24(10-9-15(17)3)21(27)16-7-5-4-6-8-16/h4-5,14-18H,6-13H2,1-3H3,(H2,22,25)(H,23,26). The van der Waals surface area contributed by atoms with Crippen LogP contribution in [0, 0.1) is 29.6 Å². The summed E-state index contributed by atoms with van der Waals surface area (Å²) in [6.45, 7) is 8.05. The highest BCUT2D eigenvalue weighted by Crippen LogP contribution is 2.27. The number of hydrogen-bond donors (Lipinski definition) is 2. The van der Waals surface area contributed by atoms with Crippen molar-refractivity contribution in [2.75, 3.05) is 19.6 Å². The van der Waals surface area contributed by atoms with E-state index in [9.17, 15) is 14.4 Å². The van der Waals surface area contributed by atoms with Gasteiger partial charge in [0.15, 0.2) is 0 Å². The molecular weight excluding hydrogens is 342 g/mol. The van der Waals surface area contributed by atoms with Gasteiger partial charge in [0, 0.05) is 25.6 Å². The summed E-state index contributed by atoms with van der Waals surface area (Å²) in [5.41, 5.74) is 5.41. The van der Waals surface area contributed by atoms with E-state index >= 15 is 0 Å². The third-order valence-electron chi connectivity index (χ3n) is 5.95. The predicted octanol–water partition coefficient (Wildman–Crippen LogP) is 2.09. The van der Waals surface area contributed by atoms with Gasteiger partial charge >= 0.3 is 0 Å². The number of primary amides is 1. The number of carbonyl (C=O) groups excluding carboxylic acids is 3. The zero-order chi connectivity index (χ0) is 20.0. The van der Waals surface area contributed by atoms with Gasteiger partial charge in [0.1, 0.15) is 5.92 Å². The van der Waals surface area contributed by atoms with Crippen molar-refractivity contribution in [1.29, 1.82) is 0 Å². The quantitative estimate of drug-likeness (QED) is 0.525. The van der Waals surface area contributed by atoms with E-state index in [1.165, 1.54) is 0 Å². The van der Waals surface area contributed by atoms with Gasteiger partial charge in [-0.3, -0.25) is 14.4 Å². The number of allylic oxidation sites excluding steroid dienone is 2. The molecule has 0 saturated carbocycles. The first-order valence-electron chi connectivity index (χ1n) is 10.3. The minimum atomic E-state index is -0.782. The lowest BCUT2D eigenvalue weighted by molar-refractivity contribution is -0.138. The van der Waals surface area contributed by atoms with E-state index in [0.29, 0.717) is 25.4 Å². The number of hydrogen-bond acceptors (Lipinski definition) is 3. The molecule has 0 aromatic carbocycles. The first-order chi connectivity index (χ1) is 12.8. The van der Waals surface area contributed by atoms with Crippen LogP contribution in [0.25, 0.3) is 0 Å². The second-order valence-electron chi connectivity index (χ2n) is 8.62. The molecular formula is C21H35N3O3. The van der Waals surface area contributed by atoms with E-state index in [4.69, 9.17) is 5.73 Å². The number of amides is 3. The Bertz CT molecular complexity index is 573. The number of rotatable bonds is 7. The van der Waals surface area contributed by atoms with E-state index < -0.39 is 11.8 Å². The third-order valence-corrected chi connectivity index (χ3v) is 5.95.